The van der Waals surface area contributed by atoms with Gasteiger partial charge in [-0.1, -0.05) is 0 Å². The molecule has 0 N–H and O–H groups in total. The van der Waals surface area contributed by atoms with Crippen molar-refractivity contribution < 1.29 is 13.2 Å². The molecular formula is C11H12F3N3. The Kier molecular flexibility index (Phi) is 2.81. The van der Waals surface area contributed by atoms with Crippen molar-refractivity contribution in [3.63, 3.8) is 0 Å². The van der Waals surface area contributed by atoms with E-state index in [1.807, 2.05) is 13.0 Å². The molecule has 92 valence electrons. The fraction of sp³-hybridized carbons (Fsp3) is 0.455. The molecule has 2 rings (SSSR count). The van der Waals surface area contributed by atoms with Crippen molar-refractivity contribution in [2.45, 2.75) is 26.4 Å². The fourth-order valence-electron chi connectivity index (χ4n) is 1.77. The lowest BCUT2D eigenvalue weighted by molar-refractivity contribution is -0.0598. The molecule has 0 bridgehead atoms. The number of rotatable bonds is 1. The molecule has 0 unspecified atom stereocenters. The molecule has 17 heavy (non-hydrogen) atoms. The second-order valence-electron chi connectivity index (χ2n) is 4.06. The molecule has 0 aromatic carbocycles. The third-order valence-electron chi connectivity index (χ3n) is 2.48. The van der Waals surface area contributed by atoms with Crippen LogP contribution in [0, 0.1) is 13.8 Å². The van der Waals surface area contributed by atoms with Crippen molar-refractivity contribution in [1.82, 2.24) is 4.98 Å². The van der Waals surface area contributed by atoms with Gasteiger partial charge in [0.2, 0.25) is 0 Å². The Bertz CT molecular complexity index is 445. The minimum atomic E-state index is -4.34. The van der Waals surface area contributed by atoms with Crippen LogP contribution in [-0.4, -0.2) is 23.4 Å². The number of hydrogen-bond donors (Lipinski definition) is 0. The molecule has 1 aliphatic rings. The molecule has 0 amide bonds. The van der Waals surface area contributed by atoms with Crippen LogP contribution in [0.25, 0.3) is 0 Å². The molecule has 1 aromatic rings. The largest absolute Gasteiger partial charge is 0.431 e. The third kappa shape index (κ3) is 2.57. The lowest BCUT2D eigenvalue weighted by atomic mass is 10.2. The molecule has 1 aliphatic heterocycles. The number of alkyl halides is 3. The first kappa shape index (κ1) is 11.9. The summed E-state index contributed by atoms with van der Waals surface area (Å²) in [6.45, 7) is 3.91. The van der Waals surface area contributed by atoms with Gasteiger partial charge in [-0.3, -0.25) is 0 Å². The van der Waals surface area contributed by atoms with Gasteiger partial charge in [0.05, 0.1) is 0 Å². The summed E-state index contributed by atoms with van der Waals surface area (Å²) in [6, 6.07) is 3.60. The van der Waals surface area contributed by atoms with E-state index in [1.54, 1.807) is 13.0 Å². The van der Waals surface area contributed by atoms with Gasteiger partial charge in [0.25, 0.3) is 0 Å². The summed E-state index contributed by atoms with van der Waals surface area (Å²) >= 11 is 0. The summed E-state index contributed by atoms with van der Waals surface area (Å²) in [6.07, 6.45) is -4.42. The van der Waals surface area contributed by atoms with E-state index in [0.29, 0.717) is 5.82 Å². The minimum Gasteiger partial charge on any atom is -0.247 e. The monoisotopic (exact) mass is 243 g/mol. The number of aromatic nitrogens is 1. The maximum atomic E-state index is 12.4. The molecule has 3 nitrogen and oxygen atoms in total. The van der Waals surface area contributed by atoms with Gasteiger partial charge in [0, 0.05) is 18.7 Å². The molecule has 6 heteroatoms. The summed E-state index contributed by atoms with van der Waals surface area (Å²) < 4.78 is 37.3. The average Bonchev–Trinajstić information content (AvgIpc) is 2.63. The lowest BCUT2D eigenvalue weighted by Gasteiger charge is -2.13. The molecule has 0 fully saturated rings. The summed E-state index contributed by atoms with van der Waals surface area (Å²) in [7, 11) is 0. The third-order valence-corrected chi connectivity index (χ3v) is 2.48. The maximum absolute atomic E-state index is 12.4. The van der Waals surface area contributed by atoms with Gasteiger partial charge in [-0.15, -0.1) is 0 Å². The van der Waals surface area contributed by atoms with Crippen LogP contribution in [0.15, 0.2) is 17.2 Å². The second-order valence-corrected chi connectivity index (χ2v) is 4.06. The van der Waals surface area contributed by atoms with Crippen molar-refractivity contribution in [3.8, 4) is 0 Å². The van der Waals surface area contributed by atoms with Crippen LogP contribution in [0.4, 0.5) is 19.0 Å². The van der Waals surface area contributed by atoms with Crippen LogP contribution in [-0.2, 0) is 0 Å². The fourth-order valence-corrected chi connectivity index (χ4v) is 1.77. The van der Waals surface area contributed by atoms with E-state index >= 15 is 0 Å². The van der Waals surface area contributed by atoms with Crippen molar-refractivity contribution in [3.05, 3.63) is 23.4 Å². The predicted molar refractivity (Wildman–Crippen MR) is 59.2 cm³/mol. The Morgan fingerprint density at radius 2 is 1.94 bits per heavy atom. The van der Waals surface area contributed by atoms with E-state index < -0.39 is 11.9 Å². The molecule has 0 radical (unpaired) electrons. The van der Waals surface area contributed by atoms with Gasteiger partial charge < -0.3 is 0 Å². The minimum absolute atomic E-state index is 0.0851. The topological polar surface area (TPSA) is 28.5 Å². The predicted octanol–water partition coefficient (Wildman–Crippen LogP) is 2.83. The van der Waals surface area contributed by atoms with Crippen molar-refractivity contribution in [2.24, 2.45) is 5.10 Å². The SMILES string of the molecule is Cc1cc(C)nc(N2CCC(C(F)(F)F)=N2)c1. The Balaban J connectivity index is 2.28. The van der Waals surface area contributed by atoms with Crippen LogP contribution in [0.5, 0.6) is 0 Å². The van der Waals surface area contributed by atoms with E-state index in [-0.39, 0.29) is 13.0 Å². The van der Waals surface area contributed by atoms with E-state index in [9.17, 15) is 13.2 Å². The Morgan fingerprint density at radius 1 is 1.24 bits per heavy atom. The first-order valence-electron chi connectivity index (χ1n) is 5.24. The normalized spacial score (nSPS) is 16.3. The van der Waals surface area contributed by atoms with Crippen molar-refractivity contribution >= 4 is 11.5 Å². The van der Waals surface area contributed by atoms with E-state index in [4.69, 9.17) is 0 Å². The van der Waals surface area contributed by atoms with Gasteiger partial charge in [-0.2, -0.15) is 18.3 Å². The highest BCUT2D eigenvalue weighted by molar-refractivity contribution is 5.92. The van der Waals surface area contributed by atoms with Gasteiger partial charge in [-0.05, 0) is 31.5 Å². The quantitative estimate of drug-likeness (QED) is 0.758. The van der Waals surface area contributed by atoms with Crippen molar-refractivity contribution in [2.75, 3.05) is 11.6 Å². The van der Waals surface area contributed by atoms with Crippen LogP contribution in [0.1, 0.15) is 17.7 Å². The zero-order chi connectivity index (χ0) is 12.6. The number of halogens is 3. The van der Waals surface area contributed by atoms with Crippen LogP contribution in [0.2, 0.25) is 0 Å². The highest BCUT2D eigenvalue weighted by Gasteiger charge is 2.39. The Hall–Kier alpha value is -1.59. The van der Waals surface area contributed by atoms with Crippen molar-refractivity contribution in [1.29, 1.82) is 0 Å². The number of hydrogen-bond acceptors (Lipinski definition) is 3. The van der Waals surface area contributed by atoms with E-state index in [2.05, 4.69) is 10.1 Å². The summed E-state index contributed by atoms with van der Waals surface area (Å²) in [5, 5.41) is 4.88. The first-order valence-corrected chi connectivity index (χ1v) is 5.24. The number of pyridine rings is 1. The number of aryl methyl sites for hydroxylation is 2. The first-order chi connectivity index (χ1) is 7.86. The molecule has 0 saturated heterocycles. The molecule has 0 saturated carbocycles. The smallest absolute Gasteiger partial charge is 0.247 e. The van der Waals surface area contributed by atoms with Gasteiger partial charge in [-0.25, -0.2) is 9.99 Å². The van der Waals surface area contributed by atoms with Gasteiger partial charge in [0.1, 0.15) is 11.5 Å². The van der Waals surface area contributed by atoms with Gasteiger partial charge in [0.15, 0.2) is 0 Å². The molecule has 2 heterocycles. The molecule has 0 atom stereocenters. The molecule has 1 aromatic heterocycles. The van der Waals surface area contributed by atoms with E-state index in [1.165, 1.54) is 5.01 Å². The Labute approximate surface area is 97.0 Å². The highest BCUT2D eigenvalue weighted by atomic mass is 19.4. The zero-order valence-electron chi connectivity index (χ0n) is 9.54. The number of anilines is 1. The maximum Gasteiger partial charge on any atom is 0.431 e. The summed E-state index contributed by atoms with van der Waals surface area (Å²) in [5.41, 5.74) is 0.997. The number of hydrazone groups is 1. The zero-order valence-corrected chi connectivity index (χ0v) is 9.54. The van der Waals surface area contributed by atoms with Gasteiger partial charge >= 0.3 is 6.18 Å². The molecular weight excluding hydrogens is 231 g/mol. The second kappa shape index (κ2) is 4.01. The number of nitrogens with zero attached hydrogens (tertiary/aromatic N) is 3. The van der Waals surface area contributed by atoms with Crippen LogP contribution in [0.3, 0.4) is 0 Å². The summed E-state index contributed by atoms with van der Waals surface area (Å²) in [4.78, 5) is 4.18. The summed E-state index contributed by atoms with van der Waals surface area (Å²) in [5.74, 6) is 0.474. The highest BCUT2D eigenvalue weighted by Crippen LogP contribution is 2.26. The molecule has 0 spiro atoms. The lowest BCUT2D eigenvalue weighted by Crippen LogP contribution is -2.20. The van der Waals surface area contributed by atoms with Crippen LogP contribution >= 0.6 is 0 Å². The Morgan fingerprint density at radius 3 is 2.47 bits per heavy atom. The average molecular weight is 243 g/mol. The molecule has 0 aliphatic carbocycles. The van der Waals surface area contributed by atoms with E-state index in [0.717, 1.165) is 11.3 Å². The van der Waals surface area contributed by atoms with Crippen LogP contribution < -0.4 is 5.01 Å². The standard InChI is InChI=1S/C11H12F3N3/c1-7-5-8(2)15-10(6-7)17-4-3-9(16-17)11(12,13)14/h5-6H,3-4H2,1-2H3.